The van der Waals surface area contributed by atoms with Crippen LogP contribution in [0.5, 0.6) is 0 Å². The minimum Gasteiger partial charge on any atom is -0.376 e. The number of amides is 1. The number of nitrogens with zero attached hydrogens (tertiary/aromatic N) is 2. The number of pyridine rings is 2. The third kappa shape index (κ3) is 6.42. The molecule has 0 unspecified atom stereocenters. The van der Waals surface area contributed by atoms with Crippen molar-refractivity contribution in [1.29, 1.82) is 0 Å². The summed E-state index contributed by atoms with van der Waals surface area (Å²) in [6, 6.07) is 6.10. The molecule has 0 bridgehead atoms. The molecule has 8 heteroatoms. The maximum Gasteiger partial charge on any atom is 0.271 e. The van der Waals surface area contributed by atoms with Crippen LogP contribution in [0.2, 0.25) is 0 Å². The average Bonchev–Trinajstić information content (AvgIpc) is 2.78. The lowest BCUT2D eigenvalue weighted by molar-refractivity contribution is -0.127. The Kier molecular flexibility index (Phi) is 7.83. The van der Waals surface area contributed by atoms with Crippen molar-refractivity contribution in [3.05, 3.63) is 53.1 Å². The number of anilines is 2. The largest absolute Gasteiger partial charge is 0.376 e. The van der Waals surface area contributed by atoms with Gasteiger partial charge in [0, 0.05) is 62.8 Å². The van der Waals surface area contributed by atoms with E-state index in [4.69, 9.17) is 0 Å². The number of rotatable bonds is 8. The van der Waals surface area contributed by atoms with Gasteiger partial charge in [-0.05, 0) is 36.6 Å². The highest BCUT2D eigenvalue weighted by Gasteiger charge is 2.23. The highest BCUT2D eigenvalue weighted by molar-refractivity contribution is 5.87. The van der Waals surface area contributed by atoms with Crippen LogP contribution in [0.15, 0.2) is 47.5 Å². The molecule has 1 fully saturated rings. The fourth-order valence-corrected chi connectivity index (χ4v) is 3.59. The van der Waals surface area contributed by atoms with Gasteiger partial charge in [-0.3, -0.25) is 9.59 Å². The first kappa shape index (κ1) is 22.6. The standard InChI is InChI=1S/C23H32N6O2/c1-16(2)25-9-4-7-22(30)29-11-5-6-19(15-29)28-20-12-18(14-27-23(20)31)17-8-10-26-21(13-17)24-3/h4,7-8,10,12-14,16,19,25,28H,5-6,9,11,15H2,1-3H3,(H,24,26)(H,27,31)/b7-4+/t19-/m1/s1. The molecule has 3 heterocycles. The summed E-state index contributed by atoms with van der Waals surface area (Å²) in [5, 5.41) is 9.63. The van der Waals surface area contributed by atoms with Gasteiger partial charge in [0.25, 0.3) is 5.56 Å². The molecule has 0 radical (unpaired) electrons. The number of carbonyl (C=O) groups excluding carboxylic acids is 1. The highest BCUT2D eigenvalue weighted by atomic mass is 16.2. The van der Waals surface area contributed by atoms with Crippen LogP contribution in [0.25, 0.3) is 11.1 Å². The second-order valence-electron chi connectivity index (χ2n) is 8.04. The van der Waals surface area contributed by atoms with Crippen LogP contribution in [0.1, 0.15) is 26.7 Å². The van der Waals surface area contributed by atoms with E-state index in [-0.39, 0.29) is 17.5 Å². The predicted octanol–water partition coefficient (Wildman–Crippen LogP) is 2.44. The summed E-state index contributed by atoms with van der Waals surface area (Å²) in [6.07, 6.45) is 8.74. The number of likely N-dealkylation sites (tertiary alicyclic amines) is 1. The molecule has 1 amide bonds. The van der Waals surface area contributed by atoms with Crippen molar-refractivity contribution in [2.24, 2.45) is 0 Å². The molecule has 8 nitrogen and oxygen atoms in total. The van der Waals surface area contributed by atoms with Crippen LogP contribution in [0.3, 0.4) is 0 Å². The Bertz CT molecular complexity index is 969. The smallest absolute Gasteiger partial charge is 0.271 e. The second kappa shape index (κ2) is 10.8. The van der Waals surface area contributed by atoms with Crippen molar-refractivity contribution in [3.63, 3.8) is 0 Å². The molecule has 1 aliphatic rings. The third-order valence-corrected chi connectivity index (χ3v) is 5.25. The zero-order chi connectivity index (χ0) is 22.2. The molecule has 2 aromatic heterocycles. The first-order chi connectivity index (χ1) is 15.0. The summed E-state index contributed by atoms with van der Waals surface area (Å²) in [5.74, 6) is 0.771. The Balaban J connectivity index is 1.66. The van der Waals surface area contributed by atoms with Gasteiger partial charge in [0.2, 0.25) is 5.91 Å². The lowest BCUT2D eigenvalue weighted by Crippen LogP contribution is -2.45. The van der Waals surface area contributed by atoms with Gasteiger partial charge in [0.15, 0.2) is 0 Å². The van der Waals surface area contributed by atoms with Crippen molar-refractivity contribution < 1.29 is 4.79 Å². The number of carbonyl (C=O) groups is 1. The molecule has 2 aromatic rings. The minimum absolute atomic E-state index is 0.0103. The van der Waals surface area contributed by atoms with Gasteiger partial charge in [-0.25, -0.2) is 4.98 Å². The summed E-state index contributed by atoms with van der Waals surface area (Å²) < 4.78 is 0. The van der Waals surface area contributed by atoms with Gasteiger partial charge in [-0.15, -0.1) is 0 Å². The zero-order valence-electron chi connectivity index (χ0n) is 18.4. The van der Waals surface area contributed by atoms with E-state index in [9.17, 15) is 9.59 Å². The Morgan fingerprint density at radius 1 is 1.35 bits per heavy atom. The Morgan fingerprint density at radius 3 is 2.97 bits per heavy atom. The molecule has 4 N–H and O–H groups in total. The van der Waals surface area contributed by atoms with E-state index in [0.717, 1.165) is 36.3 Å². The SMILES string of the molecule is CNc1cc(-c2c[nH]c(=O)c(N[C@@H]3CCCN(C(=O)/C=C/CNC(C)C)C3)c2)ccn1. The van der Waals surface area contributed by atoms with E-state index in [1.807, 2.05) is 36.2 Å². The molecule has 1 atom stereocenters. The molecule has 0 spiro atoms. The molecular formula is C23H32N6O2. The van der Waals surface area contributed by atoms with E-state index in [1.165, 1.54) is 0 Å². The number of aromatic amines is 1. The van der Waals surface area contributed by atoms with Crippen LogP contribution < -0.4 is 21.5 Å². The topological polar surface area (TPSA) is 102 Å². The summed E-state index contributed by atoms with van der Waals surface area (Å²) in [4.78, 5) is 33.8. The monoisotopic (exact) mass is 424 g/mol. The van der Waals surface area contributed by atoms with E-state index in [2.05, 4.69) is 39.8 Å². The van der Waals surface area contributed by atoms with Crippen molar-refractivity contribution in [2.75, 3.05) is 37.3 Å². The summed E-state index contributed by atoms with van der Waals surface area (Å²) >= 11 is 0. The lowest BCUT2D eigenvalue weighted by Gasteiger charge is -2.33. The van der Waals surface area contributed by atoms with Crippen molar-refractivity contribution >= 4 is 17.4 Å². The van der Waals surface area contributed by atoms with E-state index >= 15 is 0 Å². The molecule has 166 valence electrons. The maximum atomic E-state index is 12.5. The van der Waals surface area contributed by atoms with Crippen LogP contribution >= 0.6 is 0 Å². The number of nitrogens with one attached hydrogen (secondary N) is 4. The molecule has 3 rings (SSSR count). The number of H-pyrrole nitrogens is 1. The van der Waals surface area contributed by atoms with Crippen LogP contribution in [0, 0.1) is 0 Å². The lowest BCUT2D eigenvalue weighted by atomic mass is 10.0. The molecular weight excluding hydrogens is 392 g/mol. The van der Waals surface area contributed by atoms with Gasteiger partial charge < -0.3 is 25.8 Å². The van der Waals surface area contributed by atoms with Gasteiger partial charge in [0.1, 0.15) is 11.5 Å². The van der Waals surface area contributed by atoms with Gasteiger partial charge >= 0.3 is 0 Å². The molecule has 1 saturated heterocycles. The van der Waals surface area contributed by atoms with Crippen LogP contribution in [-0.4, -0.2) is 59.5 Å². The average molecular weight is 425 g/mol. The Labute approximate surface area is 183 Å². The van der Waals surface area contributed by atoms with E-state index in [0.29, 0.717) is 24.8 Å². The number of aromatic nitrogens is 2. The van der Waals surface area contributed by atoms with Gasteiger partial charge in [-0.2, -0.15) is 0 Å². The normalized spacial score (nSPS) is 16.6. The van der Waals surface area contributed by atoms with Crippen LogP contribution in [0.4, 0.5) is 11.5 Å². The van der Waals surface area contributed by atoms with Gasteiger partial charge in [0.05, 0.1) is 0 Å². The molecule has 31 heavy (non-hydrogen) atoms. The first-order valence-electron chi connectivity index (χ1n) is 10.8. The van der Waals surface area contributed by atoms with E-state index in [1.54, 1.807) is 18.5 Å². The minimum atomic E-state index is -0.172. The summed E-state index contributed by atoms with van der Waals surface area (Å²) in [5.41, 5.74) is 2.19. The number of hydrogen-bond donors (Lipinski definition) is 4. The van der Waals surface area contributed by atoms with Crippen molar-refractivity contribution in [3.8, 4) is 11.1 Å². The quantitative estimate of drug-likeness (QED) is 0.486. The highest BCUT2D eigenvalue weighted by Crippen LogP contribution is 2.22. The zero-order valence-corrected chi connectivity index (χ0v) is 18.4. The summed E-state index contributed by atoms with van der Waals surface area (Å²) in [7, 11) is 1.82. The molecule has 0 aliphatic carbocycles. The fourth-order valence-electron chi connectivity index (χ4n) is 3.59. The van der Waals surface area contributed by atoms with Gasteiger partial charge in [-0.1, -0.05) is 19.9 Å². The van der Waals surface area contributed by atoms with E-state index < -0.39 is 0 Å². The molecule has 0 saturated carbocycles. The third-order valence-electron chi connectivity index (χ3n) is 5.25. The number of piperidine rings is 1. The predicted molar refractivity (Wildman–Crippen MR) is 125 cm³/mol. The Hall–Kier alpha value is -3.13. The first-order valence-corrected chi connectivity index (χ1v) is 10.8. The van der Waals surface area contributed by atoms with Crippen molar-refractivity contribution in [2.45, 2.75) is 38.8 Å². The van der Waals surface area contributed by atoms with Crippen molar-refractivity contribution in [1.82, 2.24) is 20.2 Å². The fraction of sp³-hybridized carbons (Fsp3) is 0.435. The van der Waals surface area contributed by atoms with Crippen LogP contribution in [-0.2, 0) is 4.79 Å². The summed E-state index contributed by atoms with van der Waals surface area (Å²) in [6.45, 7) is 6.12. The molecule has 1 aliphatic heterocycles. The number of hydrogen-bond acceptors (Lipinski definition) is 6. The molecule has 0 aromatic carbocycles. The Morgan fingerprint density at radius 2 is 2.19 bits per heavy atom. The maximum absolute atomic E-state index is 12.5. The second-order valence-corrected chi connectivity index (χ2v) is 8.04.